The highest BCUT2D eigenvalue weighted by Crippen LogP contribution is 2.37. The molecule has 0 amide bonds. The van der Waals surface area contributed by atoms with Crippen molar-refractivity contribution in [3.8, 4) is 0 Å². The molecule has 120 valence electrons. The van der Waals surface area contributed by atoms with E-state index in [1.165, 1.54) is 0 Å². The minimum absolute atomic E-state index is 0.0405. The molecule has 0 saturated heterocycles. The fourth-order valence-corrected chi connectivity index (χ4v) is 2.95. The number of rotatable bonds is 4. The van der Waals surface area contributed by atoms with Gasteiger partial charge in [0, 0.05) is 0 Å². The van der Waals surface area contributed by atoms with Crippen molar-refractivity contribution in [2.45, 2.75) is 44.2 Å². The van der Waals surface area contributed by atoms with E-state index in [2.05, 4.69) is 0 Å². The average molecular weight is 312 g/mol. The van der Waals surface area contributed by atoms with Crippen molar-refractivity contribution in [2.24, 2.45) is 5.92 Å². The zero-order chi connectivity index (χ0) is 16.2. The van der Waals surface area contributed by atoms with Gasteiger partial charge in [-0.1, -0.05) is 24.3 Å². The quantitative estimate of drug-likeness (QED) is 0.793. The van der Waals surface area contributed by atoms with Gasteiger partial charge in [0.1, 0.15) is 0 Å². The molecular formula is C17H19F3O2. The first-order valence-electron chi connectivity index (χ1n) is 7.42. The zero-order valence-corrected chi connectivity index (χ0v) is 12.1. The molecule has 2 nitrogen and oxygen atoms in total. The molecule has 1 fully saturated rings. The lowest BCUT2D eigenvalue weighted by atomic mass is 9.78. The van der Waals surface area contributed by atoms with Crippen LogP contribution in [0.3, 0.4) is 0 Å². The molecule has 1 saturated carbocycles. The van der Waals surface area contributed by atoms with Crippen molar-refractivity contribution in [2.75, 3.05) is 0 Å². The van der Waals surface area contributed by atoms with Crippen LogP contribution in [-0.2, 0) is 11.0 Å². The summed E-state index contributed by atoms with van der Waals surface area (Å²) >= 11 is 0. The summed E-state index contributed by atoms with van der Waals surface area (Å²) in [5, 5.41) is 8.58. The molecule has 1 aliphatic carbocycles. The SMILES string of the molecule is O=C(O)CC=C[C@H]1CC[C@H](c2ccc(C(F)(F)F)cc2)CC1. The Bertz CT molecular complexity index is 524. The van der Waals surface area contributed by atoms with Gasteiger partial charge in [0.25, 0.3) is 0 Å². The van der Waals surface area contributed by atoms with Crippen LogP contribution in [0.4, 0.5) is 13.2 Å². The van der Waals surface area contributed by atoms with E-state index in [1.54, 1.807) is 18.2 Å². The molecule has 2 rings (SSSR count). The van der Waals surface area contributed by atoms with Crippen molar-refractivity contribution in [1.29, 1.82) is 0 Å². The Hall–Kier alpha value is -1.78. The number of carbonyl (C=O) groups is 1. The second-order valence-corrected chi connectivity index (χ2v) is 5.76. The Morgan fingerprint density at radius 2 is 1.73 bits per heavy atom. The molecule has 1 N–H and O–H groups in total. The molecule has 0 spiro atoms. The van der Waals surface area contributed by atoms with Crippen LogP contribution in [0.25, 0.3) is 0 Å². The van der Waals surface area contributed by atoms with Crippen molar-refractivity contribution < 1.29 is 23.1 Å². The third kappa shape index (κ3) is 4.61. The lowest BCUT2D eigenvalue weighted by Gasteiger charge is -2.27. The van der Waals surface area contributed by atoms with Crippen molar-refractivity contribution in [1.82, 2.24) is 0 Å². The molecule has 0 bridgehead atoms. The van der Waals surface area contributed by atoms with Crippen LogP contribution >= 0.6 is 0 Å². The Labute approximate surface area is 127 Å². The number of benzene rings is 1. The normalized spacial score (nSPS) is 22.9. The zero-order valence-electron chi connectivity index (χ0n) is 12.1. The van der Waals surface area contributed by atoms with Gasteiger partial charge in [-0.05, 0) is 55.2 Å². The van der Waals surface area contributed by atoms with Crippen molar-refractivity contribution in [3.63, 3.8) is 0 Å². The maximum Gasteiger partial charge on any atom is 0.416 e. The van der Waals surface area contributed by atoms with Crippen LogP contribution in [0.2, 0.25) is 0 Å². The summed E-state index contributed by atoms with van der Waals surface area (Å²) in [4.78, 5) is 10.4. The smallest absolute Gasteiger partial charge is 0.416 e. The van der Waals surface area contributed by atoms with E-state index in [-0.39, 0.29) is 6.42 Å². The molecule has 22 heavy (non-hydrogen) atoms. The summed E-state index contributed by atoms with van der Waals surface area (Å²) in [6.45, 7) is 0. The van der Waals surface area contributed by atoms with E-state index >= 15 is 0 Å². The fourth-order valence-electron chi connectivity index (χ4n) is 2.95. The third-order valence-corrected chi connectivity index (χ3v) is 4.18. The number of allylic oxidation sites excluding steroid dienone is 1. The molecule has 0 aromatic heterocycles. The van der Waals surface area contributed by atoms with Crippen molar-refractivity contribution in [3.05, 3.63) is 47.5 Å². The Balaban J connectivity index is 1.89. The van der Waals surface area contributed by atoms with Crippen LogP contribution in [0.5, 0.6) is 0 Å². The van der Waals surface area contributed by atoms with Gasteiger partial charge in [0.2, 0.25) is 0 Å². The van der Waals surface area contributed by atoms with E-state index < -0.39 is 17.7 Å². The molecule has 0 unspecified atom stereocenters. The molecule has 0 heterocycles. The largest absolute Gasteiger partial charge is 0.481 e. The number of carboxylic acids is 1. The van der Waals surface area contributed by atoms with Gasteiger partial charge in [0.15, 0.2) is 0 Å². The van der Waals surface area contributed by atoms with Gasteiger partial charge < -0.3 is 5.11 Å². The van der Waals surface area contributed by atoms with Crippen LogP contribution in [-0.4, -0.2) is 11.1 Å². The summed E-state index contributed by atoms with van der Waals surface area (Å²) in [6, 6.07) is 5.45. The van der Waals surface area contributed by atoms with Crippen LogP contribution in [0.1, 0.15) is 49.1 Å². The predicted molar refractivity (Wildman–Crippen MR) is 77.5 cm³/mol. The standard InChI is InChI=1S/C17H19F3O2/c18-17(19,20)15-10-8-14(9-11-15)13-6-4-12(5-7-13)2-1-3-16(21)22/h1-2,8-13H,3-7H2,(H,21,22)/t12-,13-. The van der Waals surface area contributed by atoms with E-state index in [4.69, 9.17) is 5.11 Å². The highest BCUT2D eigenvalue weighted by Gasteiger charge is 2.30. The lowest BCUT2D eigenvalue weighted by molar-refractivity contribution is -0.138. The first-order chi connectivity index (χ1) is 10.4. The molecular weight excluding hydrogens is 293 g/mol. The second-order valence-electron chi connectivity index (χ2n) is 5.76. The highest BCUT2D eigenvalue weighted by molar-refractivity contribution is 5.68. The molecule has 1 aliphatic rings. The van der Waals surface area contributed by atoms with E-state index in [9.17, 15) is 18.0 Å². The summed E-state index contributed by atoms with van der Waals surface area (Å²) < 4.78 is 37.6. The lowest BCUT2D eigenvalue weighted by Crippen LogP contribution is -2.12. The van der Waals surface area contributed by atoms with Gasteiger partial charge in [-0.15, -0.1) is 0 Å². The number of alkyl halides is 3. The molecule has 0 radical (unpaired) electrons. The Morgan fingerprint density at radius 1 is 1.14 bits per heavy atom. The number of hydrogen-bond donors (Lipinski definition) is 1. The monoisotopic (exact) mass is 312 g/mol. The molecule has 1 aromatic carbocycles. The third-order valence-electron chi connectivity index (χ3n) is 4.18. The summed E-state index contributed by atoms with van der Waals surface area (Å²) in [7, 11) is 0. The first-order valence-corrected chi connectivity index (χ1v) is 7.42. The number of halogens is 3. The second kappa shape index (κ2) is 6.99. The van der Waals surface area contributed by atoms with Gasteiger partial charge in [-0.2, -0.15) is 13.2 Å². The molecule has 0 aliphatic heterocycles. The molecule has 0 atom stereocenters. The number of carboxylic acid groups (broad SMARTS) is 1. The topological polar surface area (TPSA) is 37.3 Å². The maximum absolute atomic E-state index is 12.5. The first kappa shape index (κ1) is 16.6. The Kier molecular flexibility index (Phi) is 5.27. The van der Waals surface area contributed by atoms with Crippen LogP contribution < -0.4 is 0 Å². The van der Waals surface area contributed by atoms with E-state index in [1.807, 2.05) is 6.08 Å². The number of hydrogen-bond acceptors (Lipinski definition) is 1. The Morgan fingerprint density at radius 3 is 2.23 bits per heavy atom. The van der Waals surface area contributed by atoms with Gasteiger partial charge in [0.05, 0.1) is 12.0 Å². The molecule has 1 aromatic rings. The van der Waals surface area contributed by atoms with Gasteiger partial charge in [-0.3, -0.25) is 4.79 Å². The fraction of sp³-hybridized carbons (Fsp3) is 0.471. The van der Waals surface area contributed by atoms with Crippen molar-refractivity contribution >= 4 is 5.97 Å². The molecule has 5 heteroatoms. The minimum atomic E-state index is -4.29. The predicted octanol–water partition coefficient (Wildman–Crippen LogP) is 5.01. The summed E-state index contributed by atoms with van der Waals surface area (Å²) in [5.41, 5.74) is 0.350. The van der Waals surface area contributed by atoms with E-state index in [0.29, 0.717) is 11.8 Å². The maximum atomic E-state index is 12.5. The van der Waals surface area contributed by atoms with Crippen LogP contribution in [0, 0.1) is 5.92 Å². The van der Waals surface area contributed by atoms with Gasteiger partial charge in [-0.25, -0.2) is 0 Å². The minimum Gasteiger partial charge on any atom is -0.481 e. The highest BCUT2D eigenvalue weighted by atomic mass is 19.4. The van der Waals surface area contributed by atoms with E-state index in [0.717, 1.165) is 43.4 Å². The summed E-state index contributed by atoms with van der Waals surface area (Å²) in [5.74, 6) is -0.161. The number of aliphatic carboxylic acids is 1. The van der Waals surface area contributed by atoms with Gasteiger partial charge >= 0.3 is 12.1 Å². The summed E-state index contributed by atoms with van der Waals surface area (Å²) in [6.07, 6.45) is 3.14. The van der Waals surface area contributed by atoms with Crippen LogP contribution in [0.15, 0.2) is 36.4 Å². The average Bonchev–Trinajstić information content (AvgIpc) is 2.47.